The van der Waals surface area contributed by atoms with E-state index in [-0.39, 0.29) is 0 Å². The summed E-state index contributed by atoms with van der Waals surface area (Å²) in [6, 6.07) is 11.9. The van der Waals surface area contributed by atoms with Crippen LogP contribution in [0.2, 0.25) is 0 Å². The van der Waals surface area contributed by atoms with Crippen LogP contribution in [0.4, 0.5) is 0 Å². The summed E-state index contributed by atoms with van der Waals surface area (Å²) in [5.74, 6) is 0.725. The Hall–Kier alpha value is -1.88. The highest BCUT2D eigenvalue weighted by molar-refractivity contribution is 9.10. The first kappa shape index (κ1) is 13.1. The number of rotatable bonds is 4. The summed E-state index contributed by atoms with van der Waals surface area (Å²) in [6.07, 6.45) is 1.72. The SMILES string of the molecule is CCn1nc(COc2cccnc2Br)c2ccccc21. The maximum atomic E-state index is 5.80. The van der Waals surface area contributed by atoms with Gasteiger partial charge in [0.1, 0.15) is 16.9 Å². The van der Waals surface area contributed by atoms with Gasteiger partial charge in [-0.1, -0.05) is 18.2 Å². The molecule has 0 amide bonds. The molecule has 0 radical (unpaired) electrons. The van der Waals surface area contributed by atoms with Gasteiger partial charge in [0.15, 0.2) is 5.75 Å². The van der Waals surface area contributed by atoms with Crippen molar-refractivity contribution in [3.8, 4) is 5.75 Å². The molecule has 0 fully saturated rings. The van der Waals surface area contributed by atoms with E-state index < -0.39 is 0 Å². The lowest BCUT2D eigenvalue weighted by Gasteiger charge is -2.05. The van der Waals surface area contributed by atoms with Gasteiger partial charge in [0.05, 0.1) is 5.52 Å². The molecule has 0 aliphatic rings. The number of hydrogen-bond acceptors (Lipinski definition) is 3. The van der Waals surface area contributed by atoms with Crippen molar-refractivity contribution < 1.29 is 4.74 Å². The molecule has 5 heteroatoms. The molecule has 2 aromatic heterocycles. The van der Waals surface area contributed by atoms with Crippen molar-refractivity contribution in [2.45, 2.75) is 20.1 Å². The fourth-order valence-electron chi connectivity index (χ4n) is 2.17. The van der Waals surface area contributed by atoms with E-state index in [9.17, 15) is 0 Å². The molecule has 0 N–H and O–H groups in total. The monoisotopic (exact) mass is 331 g/mol. The van der Waals surface area contributed by atoms with Crippen LogP contribution < -0.4 is 4.74 Å². The predicted molar refractivity (Wildman–Crippen MR) is 81.7 cm³/mol. The smallest absolute Gasteiger partial charge is 0.152 e. The van der Waals surface area contributed by atoms with Crippen molar-refractivity contribution in [2.75, 3.05) is 0 Å². The summed E-state index contributed by atoms with van der Waals surface area (Å²) in [5, 5.41) is 5.74. The first-order chi connectivity index (χ1) is 9.79. The van der Waals surface area contributed by atoms with Gasteiger partial charge in [0, 0.05) is 18.1 Å². The number of aryl methyl sites for hydroxylation is 1. The van der Waals surface area contributed by atoms with Crippen molar-refractivity contribution in [1.82, 2.24) is 14.8 Å². The van der Waals surface area contributed by atoms with Crippen molar-refractivity contribution in [3.05, 3.63) is 52.9 Å². The molecule has 102 valence electrons. The third-order valence-electron chi connectivity index (χ3n) is 3.12. The summed E-state index contributed by atoms with van der Waals surface area (Å²) >= 11 is 3.38. The molecule has 1 aromatic carbocycles. The summed E-state index contributed by atoms with van der Waals surface area (Å²) in [7, 11) is 0. The number of hydrogen-bond donors (Lipinski definition) is 0. The van der Waals surface area contributed by atoms with E-state index in [0.717, 1.165) is 28.9 Å². The summed E-state index contributed by atoms with van der Waals surface area (Å²) in [6.45, 7) is 3.36. The van der Waals surface area contributed by atoms with Gasteiger partial charge in [-0.3, -0.25) is 4.68 Å². The van der Waals surface area contributed by atoms with E-state index in [4.69, 9.17) is 4.74 Å². The van der Waals surface area contributed by atoms with Gasteiger partial charge in [-0.15, -0.1) is 0 Å². The quantitative estimate of drug-likeness (QED) is 0.683. The normalized spacial score (nSPS) is 10.9. The number of pyridine rings is 1. The fourth-order valence-corrected chi connectivity index (χ4v) is 2.53. The van der Waals surface area contributed by atoms with Gasteiger partial charge >= 0.3 is 0 Å². The van der Waals surface area contributed by atoms with Crippen LogP contribution in [0.15, 0.2) is 47.2 Å². The van der Waals surface area contributed by atoms with E-state index in [1.165, 1.54) is 0 Å². The Balaban J connectivity index is 1.90. The van der Waals surface area contributed by atoms with E-state index in [2.05, 4.69) is 45.1 Å². The first-order valence-corrected chi connectivity index (χ1v) is 7.26. The molecule has 0 saturated heterocycles. The van der Waals surface area contributed by atoms with Crippen LogP contribution in [0.3, 0.4) is 0 Å². The van der Waals surface area contributed by atoms with Gasteiger partial charge < -0.3 is 4.74 Å². The highest BCUT2D eigenvalue weighted by atomic mass is 79.9. The third kappa shape index (κ3) is 2.41. The average molecular weight is 332 g/mol. The van der Waals surface area contributed by atoms with E-state index >= 15 is 0 Å². The van der Waals surface area contributed by atoms with Crippen LogP contribution in [-0.2, 0) is 13.2 Å². The molecule has 0 aliphatic heterocycles. The molecule has 0 aliphatic carbocycles. The molecule has 0 bridgehead atoms. The van der Waals surface area contributed by atoms with Crippen LogP contribution in [0.1, 0.15) is 12.6 Å². The van der Waals surface area contributed by atoms with Crippen LogP contribution >= 0.6 is 15.9 Å². The number of nitrogens with zero attached hydrogens (tertiary/aromatic N) is 3. The summed E-state index contributed by atoms with van der Waals surface area (Å²) < 4.78 is 8.50. The molecule has 0 spiro atoms. The van der Waals surface area contributed by atoms with Crippen molar-refractivity contribution in [2.24, 2.45) is 0 Å². The number of aromatic nitrogens is 3. The molecular weight excluding hydrogens is 318 g/mol. The zero-order valence-corrected chi connectivity index (χ0v) is 12.7. The number of halogens is 1. The maximum absolute atomic E-state index is 5.80. The maximum Gasteiger partial charge on any atom is 0.152 e. The largest absolute Gasteiger partial charge is 0.484 e. The highest BCUT2D eigenvalue weighted by Crippen LogP contribution is 2.24. The molecule has 0 unspecified atom stereocenters. The second kappa shape index (κ2) is 5.63. The lowest BCUT2D eigenvalue weighted by Crippen LogP contribution is -2.00. The van der Waals surface area contributed by atoms with Gasteiger partial charge in [-0.05, 0) is 41.1 Å². The molecule has 0 saturated carbocycles. The zero-order valence-electron chi connectivity index (χ0n) is 11.1. The average Bonchev–Trinajstić information content (AvgIpc) is 2.85. The Labute approximate surface area is 125 Å². The van der Waals surface area contributed by atoms with Gasteiger partial charge in [0.25, 0.3) is 0 Å². The number of benzene rings is 1. The number of fused-ring (bicyclic) bond motifs is 1. The van der Waals surface area contributed by atoms with Gasteiger partial charge in [-0.25, -0.2) is 4.98 Å². The Morgan fingerprint density at radius 2 is 2.05 bits per heavy atom. The van der Waals surface area contributed by atoms with E-state index in [1.54, 1.807) is 6.20 Å². The first-order valence-electron chi connectivity index (χ1n) is 6.47. The number of para-hydroxylation sites is 1. The van der Waals surface area contributed by atoms with E-state index in [0.29, 0.717) is 11.2 Å². The minimum absolute atomic E-state index is 0.428. The van der Waals surface area contributed by atoms with Gasteiger partial charge in [-0.2, -0.15) is 5.10 Å². The standard InChI is InChI=1S/C15H14BrN3O/c1-2-19-13-7-4-3-6-11(13)12(18-19)10-20-14-8-5-9-17-15(14)16/h3-9H,2,10H2,1H3. The molecule has 2 heterocycles. The van der Waals surface area contributed by atoms with Gasteiger partial charge in [0.2, 0.25) is 0 Å². The van der Waals surface area contributed by atoms with E-state index in [1.807, 2.05) is 28.9 Å². The fraction of sp³-hybridized carbons (Fsp3) is 0.200. The van der Waals surface area contributed by atoms with Crippen LogP contribution in [0, 0.1) is 0 Å². The number of ether oxygens (including phenoxy) is 1. The Kier molecular flexibility index (Phi) is 3.69. The lowest BCUT2D eigenvalue weighted by molar-refractivity contribution is 0.297. The minimum Gasteiger partial charge on any atom is -0.484 e. The summed E-state index contributed by atoms with van der Waals surface area (Å²) in [5.41, 5.74) is 2.08. The molecule has 3 rings (SSSR count). The molecule has 4 nitrogen and oxygen atoms in total. The van der Waals surface area contributed by atoms with Crippen molar-refractivity contribution in [1.29, 1.82) is 0 Å². The highest BCUT2D eigenvalue weighted by Gasteiger charge is 2.10. The van der Waals surface area contributed by atoms with Crippen molar-refractivity contribution in [3.63, 3.8) is 0 Å². The second-order valence-electron chi connectivity index (χ2n) is 4.36. The molecule has 3 aromatic rings. The minimum atomic E-state index is 0.428. The Bertz CT molecular complexity index is 739. The molecule has 0 atom stereocenters. The topological polar surface area (TPSA) is 39.9 Å². The molecule has 20 heavy (non-hydrogen) atoms. The van der Waals surface area contributed by atoms with Crippen molar-refractivity contribution >= 4 is 26.8 Å². The molecular formula is C15H14BrN3O. The predicted octanol–water partition coefficient (Wildman–Crippen LogP) is 3.79. The van der Waals surface area contributed by atoms with Crippen LogP contribution in [0.25, 0.3) is 10.9 Å². The third-order valence-corrected chi connectivity index (χ3v) is 3.72. The van der Waals surface area contributed by atoms with Crippen LogP contribution in [-0.4, -0.2) is 14.8 Å². The Morgan fingerprint density at radius 3 is 2.85 bits per heavy atom. The second-order valence-corrected chi connectivity index (χ2v) is 5.11. The summed E-state index contributed by atoms with van der Waals surface area (Å²) in [4.78, 5) is 4.14. The van der Waals surface area contributed by atoms with Crippen LogP contribution in [0.5, 0.6) is 5.75 Å². The Morgan fingerprint density at radius 1 is 1.20 bits per heavy atom. The lowest BCUT2D eigenvalue weighted by atomic mass is 10.2. The zero-order chi connectivity index (χ0) is 13.9.